The van der Waals surface area contributed by atoms with Gasteiger partial charge in [-0.1, -0.05) is 6.58 Å². The number of hydrogen-bond acceptors (Lipinski definition) is 4. The fraction of sp³-hybridized carbons (Fsp3) is 0.364. The van der Waals surface area contributed by atoms with E-state index < -0.39 is 11.8 Å². The highest BCUT2D eigenvalue weighted by molar-refractivity contribution is 6.17. The Labute approximate surface area is 93.6 Å². The molecule has 0 saturated heterocycles. The predicted molar refractivity (Wildman–Crippen MR) is 56.0 cm³/mol. The quantitative estimate of drug-likeness (QED) is 0.510. The number of hydrogen-bond donors (Lipinski definition) is 0. The summed E-state index contributed by atoms with van der Waals surface area (Å²) in [7, 11) is 1.47. The highest BCUT2D eigenvalue weighted by Gasteiger charge is 2.33. The molecule has 16 heavy (non-hydrogen) atoms. The van der Waals surface area contributed by atoms with Gasteiger partial charge in [0.15, 0.2) is 0 Å². The third-order valence-corrected chi connectivity index (χ3v) is 2.42. The van der Waals surface area contributed by atoms with Crippen molar-refractivity contribution in [2.75, 3.05) is 20.3 Å². The molecule has 0 radical (unpaired) electrons. The smallest absolute Gasteiger partial charge is 0.271 e. The fourth-order valence-electron chi connectivity index (χ4n) is 1.38. The zero-order chi connectivity index (χ0) is 12.3. The Kier molecular flexibility index (Phi) is 3.59. The topological polar surface area (TPSA) is 70.4 Å². The first-order chi connectivity index (χ1) is 7.54. The first-order valence-electron chi connectivity index (χ1n) is 4.70. The number of nitriles is 1. The maximum atomic E-state index is 11.8. The lowest BCUT2D eigenvalue weighted by molar-refractivity contribution is -0.141. The molecule has 2 amide bonds. The molecular weight excluding hydrogens is 208 g/mol. The zero-order valence-corrected chi connectivity index (χ0v) is 9.24. The van der Waals surface area contributed by atoms with Crippen molar-refractivity contribution in [2.45, 2.75) is 6.92 Å². The second kappa shape index (κ2) is 4.73. The molecule has 0 aromatic heterocycles. The molecule has 0 aromatic rings. The molecule has 0 saturated carbocycles. The summed E-state index contributed by atoms with van der Waals surface area (Å²) in [6.07, 6.45) is 0. The van der Waals surface area contributed by atoms with Crippen molar-refractivity contribution in [1.29, 1.82) is 5.26 Å². The van der Waals surface area contributed by atoms with E-state index in [1.807, 2.05) is 0 Å². The molecule has 0 fully saturated rings. The Hall–Kier alpha value is -1.93. The average Bonchev–Trinajstić information content (AvgIpc) is 2.27. The maximum absolute atomic E-state index is 11.8. The largest absolute Gasteiger partial charge is 0.383 e. The molecule has 0 unspecified atom stereocenters. The van der Waals surface area contributed by atoms with E-state index in [0.29, 0.717) is 5.57 Å². The van der Waals surface area contributed by atoms with Crippen molar-refractivity contribution in [3.63, 3.8) is 0 Å². The molecule has 0 aliphatic carbocycles. The van der Waals surface area contributed by atoms with Crippen molar-refractivity contribution < 1.29 is 14.3 Å². The van der Waals surface area contributed by atoms with Crippen molar-refractivity contribution in [2.24, 2.45) is 0 Å². The van der Waals surface area contributed by atoms with Gasteiger partial charge in [-0.15, -0.1) is 0 Å². The van der Waals surface area contributed by atoms with Crippen LogP contribution in [0.1, 0.15) is 6.92 Å². The molecular formula is C11H12N2O3. The number of nitrogens with zero attached hydrogens (tertiary/aromatic N) is 2. The van der Waals surface area contributed by atoms with Crippen LogP contribution in [0.15, 0.2) is 23.3 Å². The molecule has 0 spiro atoms. The van der Waals surface area contributed by atoms with Gasteiger partial charge in [0.2, 0.25) is 0 Å². The van der Waals surface area contributed by atoms with Gasteiger partial charge in [-0.05, 0) is 12.5 Å². The SMILES string of the molecule is C=C1C(=O)N(CCOC)C(=O)C(C#N)=C1C. The van der Waals surface area contributed by atoms with Crippen LogP contribution in [-0.2, 0) is 14.3 Å². The molecule has 0 bridgehead atoms. The van der Waals surface area contributed by atoms with Crippen LogP contribution < -0.4 is 0 Å². The monoisotopic (exact) mass is 220 g/mol. The molecule has 0 N–H and O–H groups in total. The zero-order valence-electron chi connectivity index (χ0n) is 9.24. The average molecular weight is 220 g/mol. The van der Waals surface area contributed by atoms with Crippen molar-refractivity contribution in [3.8, 4) is 6.07 Å². The molecule has 0 atom stereocenters. The molecule has 0 aromatic carbocycles. The van der Waals surface area contributed by atoms with Crippen molar-refractivity contribution >= 4 is 11.8 Å². The van der Waals surface area contributed by atoms with Gasteiger partial charge in [0.1, 0.15) is 11.6 Å². The van der Waals surface area contributed by atoms with Crippen molar-refractivity contribution in [3.05, 3.63) is 23.3 Å². The van der Waals surface area contributed by atoms with Gasteiger partial charge in [-0.2, -0.15) is 5.26 Å². The van der Waals surface area contributed by atoms with Crippen LogP contribution in [-0.4, -0.2) is 37.0 Å². The number of carbonyl (C=O) groups excluding carboxylic acids is 2. The second-order valence-corrected chi connectivity index (χ2v) is 3.35. The number of ether oxygens (including phenoxy) is 1. The van der Waals surface area contributed by atoms with E-state index in [1.54, 1.807) is 13.0 Å². The van der Waals surface area contributed by atoms with Gasteiger partial charge >= 0.3 is 0 Å². The minimum Gasteiger partial charge on any atom is -0.383 e. The first-order valence-corrected chi connectivity index (χ1v) is 4.70. The standard InChI is InChI=1S/C11H12N2O3/c1-7-8(2)10(14)13(4-5-16-3)11(15)9(7)6-12/h2,4-5H2,1,3H3. The summed E-state index contributed by atoms with van der Waals surface area (Å²) in [5, 5.41) is 8.84. The minimum atomic E-state index is -0.575. The van der Waals surface area contributed by atoms with Crippen LogP contribution in [0.25, 0.3) is 0 Å². The van der Waals surface area contributed by atoms with E-state index in [9.17, 15) is 9.59 Å². The number of carbonyl (C=O) groups is 2. The Morgan fingerprint density at radius 2 is 2.06 bits per heavy atom. The summed E-state index contributed by atoms with van der Waals surface area (Å²) in [6.45, 7) is 5.49. The van der Waals surface area contributed by atoms with Gasteiger partial charge in [-0.25, -0.2) is 0 Å². The molecule has 5 nitrogen and oxygen atoms in total. The van der Waals surface area contributed by atoms with Gasteiger partial charge in [-0.3, -0.25) is 14.5 Å². The molecule has 1 aliphatic heterocycles. The predicted octanol–water partition coefficient (Wildman–Crippen LogP) is 0.398. The Balaban J connectivity index is 3.09. The number of rotatable bonds is 3. The van der Waals surface area contributed by atoms with Gasteiger partial charge in [0, 0.05) is 12.7 Å². The molecule has 1 rings (SSSR count). The highest BCUT2D eigenvalue weighted by atomic mass is 16.5. The lowest BCUT2D eigenvalue weighted by Gasteiger charge is -2.26. The van der Waals surface area contributed by atoms with E-state index in [0.717, 1.165) is 4.90 Å². The highest BCUT2D eigenvalue weighted by Crippen LogP contribution is 2.23. The number of amides is 2. The van der Waals surface area contributed by atoms with Gasteiger partial charge < -0.3 is 4.74 Å². The van der Waals surface area contributed by atoms with Crippen LogP contribution in [0.4, 0.5) is 0 Å². The first kappa shape index (κ1) is 12.1. The van der Waals surface area contributed by atoms with Crippen LogP contribution in [0.3, 0.4) is 0 Å². The maximum Gasteiger partial charge on any atom is 0.271 e. The minimum absolute atomic E-state index is 0.0271. The lowest BCUT2D eigenvalue weighted by Crippen LogP contribution is -2.44. The Morgan fingerprint density at radius 1 is 1.44 bits per heavy atom. The lowest BCUT2D eigenvalue weighted by atomic mass is 9.97. The third-order valence-electron chi connectivity index (χ3n) is 2.42. The van der Waals surface area contributed by atoms with Gasteiger partial charge in [0.05, 0.1) is 13.2 Å². The normalized spacial score (nSPS) is 16.8. The van der Waals surface area contributed by atoms with E-state index in [1.165, 1.54) is 7.11 Å². The molecule has 1 heterocycles. The summed E-state index contributed by atoms with van der Waals surface area (Å²) >= 11 is 0. The fourth-order valence-corrected chi connectivity index (χ4v) is 1.38. The second-order valence-electron chi connectivity index (χ2n) is 3.35. The van der Waals surface area contributed by atoms with Crippen LogP contribution in [0.5, 0.6) is 0 Å². The van der Waals surface area contributed by atoms with Crippen molar-refractivity contribution in [1.82, 2.24) is 4.90 Å². The van der Waals surface area contributed by atoms with E-state index in [-0.39, 0.29) is 24.3 Å². The Bertz CT molecular complexity index is 429. The summed E-state index contributed by atoms with van der Waals surface area (Å²) in [6, 6.07) is 1.80. The number of imide groups is 1. The summed E-state index contributed by atoms with van der Waals surface area (Å²) in [4.78, 5) is 24.5. The summed E-state index contributed by atoms with van der Waals surface area (Å²) < 4.78 is 4.80. The summed E-state index contributed by atoms with van der Waals surface area (Å²) in [5.41, 5.74) is 0.513. The van der Waals surface area contributed by atoms with E-state index in [4.69, 9.17) is 10.00 Å². The molecule has 84 valence electrons. The molecule has 5 heteroatoms. The van der Waals surface area contributed by atoms with Crippen LogP contribution in [0.2, 0.25) is 0 Å². The Morgan fingerprint density at radius 3 is 2.56 bits per heavy atom. The van der Waals surface area contributed by atoms with Gasteiger partial charge in [0.25, 0.3) is 11.8 Å². The van der Waals surface area contributed by atoms with Crippen LogP contribution in [0, 0.1) is 11.3 Å². The summed E-state index contributed by atoms with van der Waals surface area (Å²) in [5.74, 6) is -1.03. The van der Waals surface area contributed by atoms with E-state index >= 15 is 0 Å². The third kappa shape index (κ3) is 1.88. The number of methoxy groups -OCH3 is 1. The molecule has 1 aliphatic rings. The van der Waals surface area contributed by atoms with Crippen LogP contribution >= 0.6 is 0 Å². The van der Waals surface area contributed by atoms with E-state index in [2.05, 4.69) is 6.58 Å².